The molecule has 0 radical (unpaired) electrons. The minimum atomic E-state index is 0.0704. The lowest BCUT2D eigenvalue weighted by atomic mass is 9.92. The van der Waals surface area contributed by atoms with Gasteiger partial charge in [0.05, 0.1) is 24.6 Å². The van der Waals surface area contributed by atoms with E-state index in [1.54, 1.807) is 31.6 Å². The summed E-state index contributed by atoms with van der Waals surface area (Å²) < 4.78 is 7.54. The predicted molar refractivity (Wildman–Crippen MR) is 132 cm³/mol. The average Bonchev–Trinajstić information content (AvgIpc) is 3.33. The summed E-state index contributed by atoms with van der Waals surface area (Å²) in [7, 11) is 1.67. The Morgan fingerprint density at radius 2 is 1.76 bits per heavy atom. The van der Waals surface area contributed by atoms with Crippen molar-refractivity contribution < 1.29 is 9.53 Å². The van der Waals surface area contributed by atoms with Gasteiger partial charge in [-0.05, 0) is 69.2 Å². The molecule has 0 bridgehead atoms. The Hall–Kier alpha value is -3.74. The molecule has 0 atom stereocenters. The molecule has 1 aliphatic rings. The van der Waals surface area contributed by atoms with Gasteiger partial charge in [-0.15, -0.1) is 0 Å². The van der Waals surface area contributed by atoms with Crippen LogP contribution in [0, 0.1) is 0 Å². The van der Waals surface area contributed by atoms with Gasteiger partial charge in [-0.25, -0.2) is 4.98 Å². The normalized spacial score (nSPS) is 14.6. The number of amides is 1. The first kappa shape index (κ1) is 22.1. The number of ether oxygens (including phenoxy) is 1. The Morgan fingerprint density at radius 3 is 2.41 bits per heavy atom. The number of carbonyl (C=O) groups is 1. The maximum absolute atomic E-state index is 12.9. The van der Waals surface area contributed by atoms with Crippen molar-refractivity contribution in [2.45, 2.75) is 38.6 Å². The van der Waals surface area contributed by atoms with E-state index in [0.29, 0.717) is 30.6 Å². The number of pyridine rings is 2. The standard InChI is InChI=1S/C27H29N5O2/c1-18(2)32-17-29-26-24(32)16-23(30-25(26)20-4-6-22(34-3)7-5-20)19-10-14-31(15-11-19)27(33)21-8-12-28-13-9-21/h4-9,12-13,16-19H,10-11,14-15H2,1-3H3. The van der Waals surface area contributed by atoms with E-state index in [-0.39, 0.29) is 5.91 Å². The van der Waals surface area contributed by atoms with E-state index in [9.17, 15) is 4.79 Å². The fourth-order valence-electron chi connectivity index (χ4n) is 4.68. The molecule has 1 aromatic carbocycles. The molecule has 174 valence electrons. The molecule has 7 nitrogen and oxygen atoms in total. The third-order valence-electron chi connectivity index (χ3n) is 6.63. The van der Waals surface area contributed by atoms with Crippen LogP contribution in [0.15, 0.2) is 61.2 Å². The number of likely N-dealkylation sites (tertiary alicyclic amines) is 1. The maximum Gasteiger partial charge on any atom is 0.253 e. The molecule has 0 saturated carbocycles. The van der Waals surface area contributed by atoms with E-state index < -0.39 is 0 Å². The van der Waals surface area contributed by atoms with Gasteiger partial charge in [0.1, 0.15) is 11.3 Å². The van der Waals surface area contributed by atoms with Crippen molar-refractivity contribution in [1.82, 2.24) is 24.4 Å². The Bertz CT molecular complexity index is 1290. The zero-order valence-corrected chi connectivity index (χ0v) is 19.8. The highest BCUT2D eigenvalue weighted by atomic mass is 16.5. The highest BCUT2D eigenvalue weighted by Crippen LogP contribution is 2.34. The van der Waals surface area contributed by atoms with Gasteiger partial charge < -0.3 is 14.2 Å². The number of imidazole rings is 1. The number of carbonyl (C=O) groups excluding carboxylic acids is 1. The van der Waals surface area contributed by atoms with Crippen LogP contribution in [-0.2, 0) is 0 Å². The van der Waals surface area contributed by atoms with Crippen molar-refractivity contribution in [3.05, 3.63) is 72.4 Å². The van der Waals surface area contributed by atoms with E-state index in [1.807, 2.05) is 35.5 Å². The molecule has 4 aromatic rings. The second-order valence-corrected chi connectivity index (χ2v) is 9.04. The van der Waals surface area contributed by atoms with Crippen molar-refractivity contribution in [2.75, 3.05) is 20.2 Å². The smallest absolute Gasteiger partial charge is 0.253 e. The molecule has 5 rings (SSSR count). The predicted octanol–water partition coefficient (Wildman–Crippen LogP) is 5.10. The summed E-state index contributed by atoms with van der Waals surface area (Å²) in [5.41, 5.74) is 5.68. The Labute approximate surface area is 199 Å². The molecular weight excluding hydrogens is 426 g/mol. The van der Waals surface area contributed by atoms with E-state index in [0.717, 1.165) is 46.6 Å². The van der Waals surface area contributed by atoms with Gasteiger partial charge in [0.2, 0.25) is 0 Å². The van der Waals surface area contributed by atoms with Gasteiger partial charge in [0, 0.05) is 54.3 Å². The number of hydrogen-bond acceptors (Lipinski definition) is 5. The molecule has 1 amide bonds. The molecule has 1 aliphatic heterocycles. The van der Waals surface area contributed by atoms with E-state index in [4.69, 9.17) is 14.7 Å². The molecule has 1 fully saturated rings. The quantitative estimate of drug-likeness (QED) is 0.418. The van der Waals surface area contributed by atoms with Crippen LogP contribution < -0.4 is 4.74 Å². The number of nitrogens with zero attached hydrogens (tertiary/aromatic N) is 5. The summed E-state index contributed by atoms with van der Waals surface area (Å²) in [5, 5.41) is 0. The second-order valence-electron chi connectivity index (χ2n) is 9.04. The largest absolute Gasteiger partial charge is 0.497 e. The SMILES string of the molecule is COc1ccc(-c2nc(C3CCN(C(=O)c4ccncc4)CC3)cc3c2ncn3C(C)C)cc1. The minimum absolute atomic E-state index is 0.0704. The fourth-order valence-corrected chi connectivity index (χ4v) is 4.68. The van der Waals surface area contributed by atoms with Gasteiger partial charge in [-0.3, -0.25) is 14.8 Å². The van der Waals surface area contributed by atoms with Gasteiger partial charge in [0.25, 0.3) is 5.91 Å². The Balaban J connectivity index is 1.46. The molecule has 7 heteroatoms. The summed E-state index contributed by atoms with van der Waals surface area (Å²) in [6.45, 7) is 5.76. The van der Waals surface area contributed by atoms with Crippen molar-refractivity contribution >= 4 is 16.9 Å². The number of benzene rings is 1. The van der Waals surface area contributed by atoms with E-state index >= 15 is 0 Å². The first-order chi connectivity index (χ1) is 16.5. The summed E-state index contributed by atoms with van der Waals surface area (Å²) in [4.78, 5) is 28.7. The number of fused-ring (bicyclic) bond motifs is 1. The van der Waals surface area contributed by atoms with Gasteiger partial charge in [0.15, 0.2) is 0 Å². The zero-order valence-electron chi connectivity index (χ0n) is 19.8. The van der Waals surface area contributed by atoms with Crippen LogP contribution in [0.4, 0.5) is 0 Å². The summed E-state index contributed by atoms with van der Waals surface area (Å²) in [6, 6.07) is 14.0. The van der Waals surface area contributed by atoms with Crippen LogP contribution in [0.5, 0.6) is 5.75 Å². The molecule has 0 N–H and O–H groups in total. The highest BCUT2D eigenvalue weighted by molar-refractivity contribution is 5.94. The van der Waals surface area contributed by atoms with Gasteiger partial charge in [-0.1, -0.05) is 0 Å². The lowest BCUT2D eigenvalue weighted by Gasteiger charge is -2.32. The van der Waals surface area contributed by atoms with Crippen LogP contribution >= 0.6 is 0 Å². The molecule has 1 saturated heterocycles. The van der Waals surface area contributed by atoms with E-state index in [1.165, 1.54) is 0 Å². The Kier molecular flexibility index (Phi) is 6.01. The molecule has 34 heavy (non-hydrogen) atoms. The summed E-state index contributed by atoms with van der Waals surface area (Å²) in [5.74, 6) is 1.18. The molecular formula is C27H29N5O2. The summed E-state index contributed by atoms with van der Waals surface area (Å²) in [6.07, 6.45) is 7.00. The monoisotopic (exact) mass is 455 g/mol. The van der Waals surface area contributed by atoms with Crippen molar-refractivity contribution in [3.8, 4) is 17.0 Å². The van der Waals surface area contributed by atoms with Gasteiger partial charge >= 0.3 is 0 Å². The highest BCUT2D eigenvalue weighted by Gasteiger charge is 2.27. The lowest BCUT2D eigenvalue weighted by Crippen LogP contribution is -2.38. The zero-order chi connectivity index (χ0) is 23.7. The minimum Gasteiger partial charge on any atom is -0.497 e. The second kappa shape index (κ2) is 9.25. The molecule has 0 aliphatic carbocycles. The van der Waals surface area contributed by atoms with Crippen LogP contribution in [-0.4, -0.2) is 50.5 Å². The third kappa shape index (κ3) is 4.14. The molecule has 0 spiro atoms. The molecule has 3 aromatic heterocycles. The van der Waals surface area contributed by atoms with Crippen LogP contribution in [0.25, 0.3) is 22.3 Å². The number of hydrogen-bond donors (Lipinski definition) is 0. The maximum atomic E-state index is 12.9. The first-order valence-electron chi connectivity index (χ1n) is 11.8. The van der Waals surface area contributed by atoms with Gasteiger partial charge in [-0.2, -0.15) is 0 Å². The van der Waals surface area contributed by atoms with Crippen LogP contribution in [0.1, 0.15) is 54.7 Å². The third-order valence-corrected chi connectivity index (χ3v) is 6.63. The van der Waals surface area contributed by atoms with Crippen molar-refractivity contribution in [1.29, 1.82) is 0 Å². The summed E-state index contributed by atoms with van der Waals surface area (Å²) >= 11 is 0. The van der Waals surface area contributed by atoms with Crippen LogP contribution in [0.3, 0.4) is 0 Å². The topological polar surface area (TPSA) is 73.1 Å². The number of aromatic nitrogens is 4. The number of methoxy groups -OCH3 is 1. The molecule has 0 unspecified atom stereocenters. The van der Waals surface area contributed by atoms with Crippen molar-refractivity contribution in [3.63, 3.8) is 0 Å². The molecule has 4 heterocycles. The number of piperidine rings is 1. The van der Waals surface area contributed by atoms with E-state index in [2.05, 4.69) is 29.5 Å². The fraction of sp³-hybridized carbons (Fsp3) is 0.333. The Morgan fingerprint density at radius 1 is 1.06 bits per heavy atom. The number of rotatable bonds is 5. The lowest BCUT2D eigenvalue weighted by molar-refractivity contribution is 0.0712. The first-order valence-corrected chi connectivity index (χ1v) is 11.8. The van der Waals surface area contributed by atoms with Crippen molar-refractivity contribution in [2.24, 2.45) is 0 Å². The van der Waals surface area contributed by atoms with Crippen LogP contribution in [0.2, 0.25) is 0 Å². The average molecular weight is 456 g/mol.